The summed E-state index contributed by atoms with van der Waals surface area (Å²) in [5, 5.41) is 0. The van der Waals surface area contributed by atoms with Gasteiger partial charge in [-0.1, -0.05) is 19.1 Å². The topological polar surface area (TPSA) is 67.9 Å². The van der Waals surface area contributed by atoms with Gasteiger partial charge < -0.3 is 15.4 Å². The van der Waals surface area contributed by atoms with Crippen LogP contribution in [0.25, 0.3) is 0 Å². The molecule has 0 spiro atoms. The lowest BCUT2D eigenvalue weighted by Crippen LogP contribution is -2.39. The summed E-state index contributed by atoms with van der Waals surface area (Å²) in [5.74, 6) is 1.95. The smallest absolute Gasteiger partial charge is 0.196 e. The third kappa shape index (κ3) is 3.40. The summed E-state index contributed by atoms with van der Waals surface area (Å²) in [7, 11) is 0. The van der Waals surface area contributed by atoms with E-state index >= 15 is 0 Å². The minimum absolute atomic E-state index is 0.0194. The minimum Gasteiger partial charge on any atom is -0.457 e. The number of hydrogen-bond donors (Lipinski definition) is 1. The number of carbonyl (C=O) groups is 1. The van der Waals surface area contributed by atoms with E-state index in [-0.39, 0.29) is 5.78 Å². The molecule has 5 nitrogen and oxygen atoms in total. The molecule has 1 aliphatic heterocycles. The van der Waals surface area contributed by atoms with Gasteiger partial charge in [-0.25, -0.2) is 4.99 Å². The van der Waals surface area contributed by atoms with Crippen LogP contribution in [0.15, 0.2) is 47.5 Å². The van der Waals surface area contributed by atoms with Crippen molar-refractivity contribution in [2.45, 2.75) is 26.8 Å². The second-order valence-electron chi connectivity index (χ2n) is 5.87. The third-order valence-electron chi connectivity index (χ3n) is 3.94. The molecule has 0 unspecified atom stereocenters. The molecule has 0 radical (unpaired) electrons. The first kappa shape index (κ1) is 16.1. The number of nitrogens with two attached hydrogens (primary N) is 1. The van der Waals surface area contributed by atoms with Gasteiger partial charge in [0, 0.05) is 24.2 Å². The Bertz CT molecular complexity index is 799. The highest BCUT2D eigenvalue weighted by atomic mass is 16.5. The molecule has 0 saturated carbocycles. The van der Waals surface area contributed by atoms with Gasteiger partial charge in [0.2, 0.25) is 0 Å². The van der Waals surface area contributed by atoms with Crippen LogP contribution < -0.4 is 10.5 Å². The maximum absolute atomic E-state index is 11.5. The van der Waals surface area contributed by atoms with Gasteiger partial charge in [0.1, 0.15) is 11.5 Å². The number of rotatable bonds is 5. The molecule has 0 bridgehead atoms. The Hall–Kier alpha value is -2.82. The fraction of sp³-hybridized carbons (Fsp3) is 0.263. The zero-order valence-electron chi connectivity index (χ0n) is 14.0. The van der Waals surface area contributed by atoms with E-state index in [1.165, 1.54) is 0 Å². The molecule has 0 amide bonds. The monoisotopic (exact) mass is 323 g/mol. The van der Waals surface area contributed by atoms with Crippen LogP contribution in [0.5, 0.6) is 11.5 Å². The first-order chi connectivity index (χ1) is 11.6. The lowest BCUT2D eigenvalue weighted by molar-refractivity contribution is 0.101. The molecular formula is C19H21N3O2. The third-order valence-corrected chi connectivity index (χ3v) is 3.94. The predicted molar refractivity (Wildman–Crippen MR) is 94.9 cm³/mol. The van der Waals surface area contributed by atoms with Crippen molar-refractivity contribution in [2.75, 3.05) is 6.54 Å². The molecule has 124 valence electrons. The molecule has 1 heterocycles. The summed E-state index contributed by atoms with van der Waals surface area (Å²) in [6, 6.07) is 12.9. The summed E-state index contributed by atoms with van der Waals surface area (Å²) in [6.07, 6.45) is 1.01. The molecule has 2 N–H and O–H groups in total. The van der Waals surface area contributed by atoms with Crippen molar-refractivity contribution in [2.24, 2.45) is 10.7 Å². The average Bonchev–Trinajstić information content (AvgIpc) is 2.56. The second kappa shape index (κ2) is 6.74. The SMILES string of the molecule is CCCN1Cc2cc(Oc3cccc(C(C)=O)c3)ccc2N=C1N. The Morgan fingerprint density at radius 2 is 2.04 bits per heavy atom. The Balaban J connectivity index is 1.83. The number of nitrogens with zero attached hydrogens (tertiary/aromatic N) is 2. The summed E-state index contributed by atoms with van der Waals surface area (Å²) in [4.78, 5) is 18.0. The van der Waals surface area contributed by atoms with Crippen LogP contribution in [0.2, 0.25) is 0 Å². The zero-order chi connectivity index (χ0) is 17.1. The van der Waals surface area contributed by atoms with E-state index in [4.69, 9.17) is 10.5 Å². The van der Waals surface area contributed by atoms with Crippen molar-refractivity contribution in [3.05, 3.63) is 53.6 Å². The number of ketones is 1. The molecule has 2 aromatic rings. The number of benzene rings is 2. The van der Waals surface area contributed by atoms with Crippen molar-refractivity contribution in [3.63, 3.8) is 0 Å². The van der Waals surface area contributed by atoms with Gasteiger partial charge in [-0.2, -0.15) is 0 Å². The van der Waals surface area contributed by atoms with Crippen molar-refractivity contribution in [3.8, 4) is 11.5 Å². The molecule has 0 fully saturated rings. The number of fused-ring (bicyclic) bond motifs is 1. The van der Waals surface area contributed by atoms with Gasteiger partial charge in [-0.15, -0.1) is 0 Å². The Morgan fingerprint density at radius 1 is 1.25 bits per heavy atom. The lowest BCUT2D eigenvalue weighted by atomic mass is 10.1. The molecule has 3 rings (SSSR count). The first-order valence-corrected chi connectivity index (χ1v) is 8.07. The fourth-order valence-corrected chi connectivity index (χ4v) is 2.72. The van der Waals surface area contributed by atoms with E-state index in [1.54, 1.807) is 19.1 Å². The molecule has 0 saturated heterocycles. The largest absolute Gasteiger partial charge is 0.457 e. The molecule has 0 aliphatic carbocycles. The average molecular weight is 323 g/mol. The van der Waals surface area contributed by atoms with Crippen LogP contribution in [0.4, 0.5) is 5.69 Å². The highest BCUT2D eigenvalue weighted by molar-refractivity contribution is 5.94. The molecule has 2 aromatic carbocycles. The number of hydrogen-bond acceptors (Lipinski definition) is 5. The zero-order valence-corrected chi connectivity index (χ0v) is 14.0. The highest BCUT2D eigenvalue weighted by Crippen LogP contribution is 2.31. The lowest BCUT2D eigenvalue weighted by Gasteiger charge is -2.28. The van der Waals surface area contributed by atoms with E-state index in [0.717, 1.165) is 36.5 Å². The maximum Gasteiger partial charge on any atom is 0.196 e. The highest BCUT2D eigenvalue weighted by Gasteiger charge is 2.17. The number of Topliss-reactive ketones (excluding diaryl/α,β-unsaturated/α-hetero) is 1. The van der Waals surface area contributed by atoms with Crippen molar-refractivity contribution >= 4 is 17.4 Å². The van der Waals surface area contributed by atoms with Gasteiger partial charge >= 0.3 is 0 Å². The molecule has 24 heavy (non-hydrogen) atoms. The van der Waals surface area contributed by atoms with Crippen LogP contribution in [-0.2, 0) is 6.54 Å². The van der Waals surface area contributed by atoms with Gasteiger partial charge in [-0.05, 0) is 43.7 Å². The van der Waals surface area contributed by atoms with E-state index in [9.17, 15) is 4.79 Å². The van der Waals surface area contributed by atoms with Crippen LogP contribution in [0.1, 0.15) is 36.2 Å². The Morgan fingerprint density at radius 3 is 2.79 bits per heavy atom. The number of guanidine groups is 1. The van der Waals surface area contributed by atoms with Crippen molar-refractivity contribution in [1.82, 2.24) is 4.90 Å². The quantitative estimate of drug-likeness (QED) is 0.849. The van der Waals surface area contributed by atoms with E-state index in [2.05, 4.69) is 16.8 Å². The molecule has 5 heteroatoms. The van der Waals surface area contributed by atoms with Gasteiger partial charge in [0.15, 0.2) is 11.7 Å². The van der Waals surface area contributed by atoms with Gasteiger partial charge in [0.25, 0.3) is 0 Å². The second-order valence-corrected chi connectivity index (χ2v) is 5.87. The van der Waals surface area contributed by atoms with Gasteiger partial charge in [-0.3, -0.25) is 4.79 Å². The first-order valence-electron chi connectivity index (χ1n) is 8.07. The van der Waals surface area contributed by atoms with E-state index in [0.29, 0.717) is 17.3 Å². The molecule has 1 aliphatic rings. The predicted octanol–water partition coefficient (Wildman–Crippen LogP) is 3.85. The molecule has 0 aromatic heterocycles. The van der Waals surface area contributed by atoms with Crippen LogP contribution in [-0.4, -0.2) is 23.2 Å². The van der Waals surface area contributed by atoms with Crippen molar-refractivity contribution < 1.29 is 9.53 Å². The Labute approximate surface area is 141 Å². The maximum atomic E-state index is 11.5. The normalized spacial score (nSPS) is 13.2. The standard InChI is InChI=1S/C19H21N3O2/c1-3-9-22-12-15-11-17(7-8-18(15)21-19(22)20)24-16-6-4-5-14(10-16)13(2)23/h4-8,10-11H,3,9,12H2,1-2H3,(H2,20,21). The number of aliphatic imine (C=N–C) groups is 1. The summed E-state index contributed by atoms with van der Waals surface area (Å²) < 4.78 is 5.91. The number of carbonyl (C=O) groups excluding carboxylic acids is 1. The van der Waals surface area contributed by atoms with Crippen LogP contribution in [0.3, 0.4) is 0 Å². The summed E-state index contributed by atoms with van der Waals surface area (Å²) in [6.45, 7) is 5.26. The summed E-state index contributed by atoms with van der Waals surface area (Å²) >= 11 is 0. The molecular weight excluding hydrogens is 302 g/mol. The van der Waals surface area contributed by atoms with Gasteiger partial charge in [0.05, 0.1) is 5.69 Å². The Kier molecular flexibility index (Phi) is 4.51. The summed E-state index contributed by atoms with van der Waals surface area (Å²) in [5.41, 5.74) is 8.60. The van der Waals surface area contributed by atoms with Crippen molar-refractivity contribution in [1.29, 1.82) is 0 Å². The van der Waals surface area contributed by atoms with E-state index in [1.807, 2.05) is 30.3 Å². The van der Waals surface area contributed by atoms with Crippen LogP contribution in [0, 0.1) is 0 Å². The fourth-order valence-electron chi connectivity index (χ4n) is 2.72. The molecule has 0 atom stereocenters. The minimum atomic E-state index is 0.0194. The van der Waals surface area contributed by atoms with E-state index < -0.39 is 0 Å². The van der Waals surface area contributed by atoms with Crippen LogP contribution >= 0.6 is 0 Å². The number of ether oxygens (including phenoxy) is 1.